The smallest absolute Gasteiger partial charge is 0.0443 e. The molecule has 1 saturated carbocycles. The summed E-state index contributed by atoms with van der Waals surface area (Å²) in [4.78, 5) is 2.47. The van der Waals surface area contributed by atoms with Gasteiger partial charge >= 0.3 is 0 Å². The molecule has 0 heterocycles. The first-order valence-electron chi connectivity index (χ1n) is 5.65. The summed E-state index contributed by atoms with van der Waals surface area (Å²) < 4.78 is 0. The van der Waals surface area contributed by atoms with Crippen molar-refractivity contribution in [3.05, 3.63) is 0 Å². The van der Waals surface area contributed by atoms with Crippen LogP contribution < -0.4 is 0 Å². The van der Waals surface area contributed by atoms with Gasteiger partial charge in [-0.2, -0.15) is 0 Å². The van der Waals surface area contributed by atoms with E-state index >= 15 is 0 Å². The van der Waals surface area contributed by atoms with Crippen molar-refractivity contribution in [1.82, 2.24) is 4.90 Å². The van der Waals surface area contributed by atoms with Crippen molar-refractivity contribution < 1.29 is 5.11 Å². The van der Waals surface area contributed by atoms with Gasteiger partial charge in [-0.05, 0) is 31.2 Å². The molecular weight excluding hydrogens is 242 g/mol. The van der Waals surface area contributed by atoms with Crippen LogP contribution in [0.3, 0.4) is 0 Å². The molecule has 3 heteroatoms. The summed E-state index contributed by atoms with van der Waals surface area (Å²) in [5, 5.41) is 9.94. The van der Waals surface area contributed by atoms with E-state index in [1.54, 1.807) is 0 Å². The average molecular weight is 264 g/mol. The minimum Gasteiger partial charge on any atom is -0.396 e. The fourth-order valence-corrected chi connectivity index (χ4v) is 2.87. The monoisotopic (exact) mass is 263 g/mol. The van der Waals surface area contributed by atoms with Gasteiger partial charge in [0.15, 0.2) is 0 Å². The van der Waals surface area contributed by atoms with Crippen molar-refractivity contribution >= 4 is 15.9 Å². The molecule has 0 spiro atoms. The van der Waals surface area contributed by atoms with Gasteiger partial charge in [-0.15, -0.1) is 0 Å². The molecule has 1 aliphatic rings. The van der Waals surface area contributed by atoms with Crippen LogP contribution in [0.5, 0.6) is 0 Å². The van der Waals surface area contributed by atoms with Crippen molar-refractivity contribution in [2.75, 3.05) is 31.6 Å². The Balaban J connectivity index is 2.30. The van der Waals surface area contributed by atoms with Crippen molar-refractivity contribution in [2.24, 2.45) is 5.41 Å². The number of nitrogens with zero attached hydrogens (tertiary/aromatic N) is 1. The summed E-state index contributed by atoms with van der Waals surface area (Å²) in [5.41, 5.74) is 0.547. The van der Waals surface area contributed by atoms with Crippen molar-refractivity contribution in [1.29, 1.82) is 0 Å². The molecule has 1 rings (SSSR count). The second-order valence-corrected chi connectivity index (χ2v) is 4.99. The molecular formula is C11H22BrNO. The van der Waals surface area contributed by atoms with Crippen molar-refractivity contribution in [3.63, 3.8) is 0 Å². The first-order chi connectivity index (χ1) is 6.76. The van der Waals surface area contributed by atoms with Crippen LogP contribution >= 0.6 is 15.9 Å². The summed E-state index contributed by atoms with van der Waals surface area (Å²) >= 11 is 3.63. The molecule has 0 bridgehead atoms. The van der Waals surface area contributed by atoms with Crippen LogP contribution in [-0.4, -0.2) is 41.6 Å². The Morgan fingerprint density at radius 2 is 2.14 bits per heavy atom. The quantitative estimate of drug-likeness (QED) is 0.713. The highest BCUT2D eigenvalue weighted by Crippen LogP contribution is 2.42. The SMILES string of the molecule is CCN(CCCO)CC1(CBr)CCC1. The number of alkyl halides is 1. The fraction of sp³-hybridized carbons (Fsp3) is 1.00. The Morgan fingerprint density at radius 1 is 1.43 bits per heavy atom. The van der Waals surface area contributed by atoms with E-state index in [-0.39, 0.29) is 0 Å². The maximum atomic E-state index is 8.80. The molecule has 0 aliphatic heterocycles. The summed E-state index contributed by atoms with van der Waals surface area (Å²) in [6.45, 7) is 5.88. The Kier molecular flexibility index (Phi) is 5.42. The lowest BCUT2D eigenvalue weighted by Crippen LogP contribution is -2.44. The van der Waals surface area contributed by atoms with Crippen LogP contribution in [0.15, 0.2) is 0 Å². The molecule has 0 saturated heterocycles. The highest BCUT2D eigenvalue weighted by atomic mass is 79.9. The first kappa shape index (κ1) is 12.5. The molecule has 1 aliphatic carbocycles. The number of aliphatic hydroxyl groups excluding tert-OH is 1. The lowest BCUT2D eigenvalue weighted by Gasteiger charge is -2.44. The van der Waals surface area contributed by atoms with E-state index in [0.29, 0.717) is 12.0 Å². The topological polar surface area (TPSA) is 23.5 Å². The molecule has 0 atom stereocenters. The Bertz CT molecular complexity index is 154. The largest absolute Gasteiger partial charge is 0.396 e. The minimum atomic E-state index is 0.317. The van der Waals surface area contributed by atoms with Crippen LogP contribution in [0, 0.1) is 5.41 Å². The number of halogens is 1. The molecule has 0 unspecified atom stereocenters. The second kappa shape index (κ2) is 6.09. The predicted octanol–water partition coefficient (Wildman–Crippen LogP) is 2.26. The van der Waals surface area contributed by atoms with E-state index in [2.05, 4.69) is 27.8 Å². The third-order valence-electron chi connectivity index (χ3n) is 3.34. The van der Waals surface area contributed by atoms with Crippen molar-refractivity contribution in [3.8, 4) is 0 Å². The maximum absolute atomic E-state index is 8.80. The van der Waals surface area contributed by atoms with Crippen molar-refractivity contribution in [2.45, 2.75) is 32.6 Å². The number of rotatable bonds is 7. The lowest BCUT2D eigenvalue weighted by molar-refractivity contribution is 0.0898. The molecule has 0 aromatic heterocycles. The molecule has 0 amide bonds. The van der Waals surface area contributed by atoms with Gasteiger partial charge in [-0.25, -0.2) is 0 Å². The van der Waals surface area contributed by atoms with Gasteiger partial charge in [0.05, 0.1) is 0 Å². The van der Waals surface area contributed by atoms with Crippen LogP contribution in [0.4, 0.5) is 0 Å². The van der Waals surface area contributed by atoms with Gasteiger partial charge in [-0.3, -0.25) is 0 Å². The Hall–Kier alpha value is 0.400. The molecule has 14 heavy (non-hydrogen) atoms. The van der Waals surface area contributed by atoms with Gasteiger partial charge in [0, 0.05) is 25.0 Å². The number of hydrogen-bond acceptors (Lipinski definition) is 2. The zero-order valence-corrected chi connectivity index (χ0v) is 10.7. The Labute approximate surface area is 95.8 Å². The lowest BCUT2D eigenvalue weighted by atomic mass is 9.70. The van der Waals surface area contributed by atoms with Crippen LogP contribution in [0.2, 0.25) is 0 Å². The van der Waals surface area contributed by atoms with E-state index in [0.717, 1.165) is 24.8 Å². The molecule has 0 radical (unpaired) electrons. The minimum absolute atomic E-state index is 0.317. The highest BCUT2D eigenvalue weighted by molar-refractivity contribution is 9.09. The molecule has 1 N–H and O–H groups in total. The summed E-state index contributed by atoms with van der Waals surface area (Å²) in [6.07, 6.45) is 5.04. The zero-order chi connectivity index (χ0) is 10.4. The normalized spacial score (nSPS) is 19.7. The van der Waals surface area contributed by atoms with E-state index in [9.17, 15) is 0 Å². The predicted molar refractivity (Wildman–Crippen MR) is 63.9 cm³/mol. The third kappa shape index (κ3) is 3.21. The molecule has 2 nitrogen and oxygen atoms in total. The van der Waals surface area contributed by atoms with Gasteiger partial charge < -0.3 is 10.0 Å². The number of aliphatic hydroxyl groups is 1. The third-order valence-corrected chi connectivity index (χ3v) is 4.53. The van der Waals surface area contributed by atoms with E-state index < -0.39 is 0 Å². The summed E-state index contributed by atoms with van der Waals surface area (Å²) in [5.74, 6) is 0. The summed E-state index contributed by atoms with van der Waals surface area (Å²) in [6, 6.07) is 0. The van der Waals surface area contributed by atoms with Gasteiger partial charge in [0.25, 0.3) is 0 Å². The van der Waals surface area contributed by atoms with Crippen LogP contribution in [0.1, 0.15) is 32.6 Å². The summed E-state index contributed by atoms with van der Waals surface area (Å²) in [7, 11) is 0. The average Bonchev–Trinajstić information content (AvgIpc) is 2.16. The van der Waals surface area contributed by atoms with Crippen LogP contribution in [-0.2, 0) is 0 Å². The van der Waals surface area contributed by atoms with E-state index in [1.165, 1.54) is 25.8 Å². The molecule has 0 aromatic rings. The Morgan fingerprint density at radius 3 is 2.50 bits per heavy atom. The van der Waals surface area contributed by atoms with E-state index in [4.69, 9.17) is 5.11 Å². The standard InChI is InChI=1S/C11H22BrNO/c1-2-13(7-4-8-14)10-11(9-12)5-3-6-11/h14H,2-10H2,1H3. The first-order valence-corrected chi connectivity index (χ1v) is 6.77. The number of hydrogen-bond donors (Lipinski definition) is 1. The second-order valence-electron chi connectivity index (χ2n) is 4.43. The van der Waals surface area contributed by atoms with Gasteiger partial charge in [-0.1, -0.05) is 29.3 Å². The maximum Gasteiger partial charge on any atom is 0.0443 e. The highest BCUT2D eigenvalue weighted by Gasteiger charge is 2.36. The van der Waals surface area contributed by atoms with Gasteiger partial charge in [0.1, 0.15) is 0 Å². The zero-order valence-electron chi connectivity index (χ0n) is 9.14. The van der Waals surface area contributed by atoms with Gasteiger partial charge in [0.2, 0.25) is 0 Å². The molecule has 84 valence electrons. The molecule has 0 aromatic carbocycles. The van der Waals surface area contributed by atoms with Crippen LogP contribution in [0.25, 0.3) is 0 Å². The van der Waals surface area contributed by atoms with E-state index in [1.807, 2.05) is 0 Å². The fourth-order valence-electron chi connectivity index (χ4n) is 2.13. The molecule has 1 fully saturated rings.